The minimum Gasteiger partial charge on any atom is -0.493 e. The Morgan fingerprint density at radius 2 is 1.70 bits per heavy atom. The highest BCUT2D eigenvalue weighted by molar-refractivity contribution is 5.85. The van der Waals surface area contributed by atoms with Gasteiger partial charge in [-0.15, -0.1) is 12.4 Å². The Morgan fingerprint density at radius 1 is 1.09 bits per heavy atom. The lowest BCUT2D eigenvalue weighted by atomic mass is 9.99. The van der Waals surface area contributed by atoms with Crippen molar-refractivity contribution in [1.29, 1.82) is 0 Å². The van der Waals surface area contributed by atoms with Crippen molar-refractivity contribution in [2.45, 2.75) is 25.7 Å². The monoisotopic (exact) mass is 340 g/mol. The Labute approximate surface area is 145 Å². The average Bonchev–Trinajstić information content (AvgIpc) is 2.76. The Balaban J connectivity index is 0.00000192. The van der Waals surface area contributed by atoms with Crippen LogP contribution >= 0.6 is 12.4 Å². The number of fused-ring (bicyclic) bond motifs is 1. The lowest BCUT2D eigenvalue weighted by molar-refractivity contribution is 0.215. The largest absolute Gasteiger partial charge is 0.493 e. The van der Waals surface area contributed by atoms with Crippen LogP contribution in [0.1, 0.15) is 24.0 Å². The van der Waals surface area contributed by atoms with Crippen LogP contribution in [-0.4, -0.2) is 51.8 Å². The van der Waals surface area contributed by atoms with Gasteiger partial charge < -0.3 is 19.7 Å². The third kappa shape index (κ3) is 4.52. The first-order valence-electron chi connectivity index (χ1n) is 8.47. The van der Waals surface area contributed by atoms with Gasteiger partial charge >= 0.3 is 0 Å². The molecule has 4 nitrogen and oxygen atoms in total. The SMILES string of the molecule is COc1cc2c(cc1OC)CCN(CC1CCCNC1)CC2.Cl. The lowest BCUT2D eigenvalue weighted by Crippen LogP contribution is -2.39. The number of rotatable bonds is 4. The first-order chi connectivity index (χ1) is 10.8. The third-order valence-corrected chi connectivity index (χ3v) is 5.02. The van der Waals surface area contributed by atoms with Crippen molar-refractivity contribution in [2.24, 2.45) is 5.92 Å². The number of nitrogens with one attached hydrogen (secondary N) is 1. The number of hydrogen-bond acceptors (Lipinski definition) is 4. The smallest absolute Gasteiger partial charge is 0.161 e. The maximum absolute atomic E-state index is 5.44. The molecule has 2 aliphatic rings. The van der Waals surface area contributed by atoms with Crippen molar-refractivity contribution in [3.8, 4) is 11.5 Å². The van der Waals surface area contributed by atoms with Gasteiger partial charge in [0.1, 0.15) is 0 Å². The van der Waals surface area contributed by atoms with Crippen LogP contribution in [0.3, 0.4) is 0 Å². The van der Waals surface area contributed by atoms with Gasteiger partial charge in [-0.2, -0.15) is 0 Å². The second-order valence-electron chi connectivity index (χ2n) is 6.49. The number of ether oxygens (including phenoxy) is 2. The summed E-state index contributed by atoms with van der Waals surface area (Å²) in [5.41, 5.74) is 2.84. The van der Waals surface area contributed by atoms with Crippen LogP contribution in [0, 0.1) is 5.92 Å². The van der Waals surface area contributed by atoms with E-state index in [1.54, 1.807) is 14.2 Å². The molecule has 1 unspecified atom stereocenters. The van der Waals surface area contributed by atoms with Crippen molar-refractivity contribution in [1.82, 2.24) is 10.2 Å². The molecule has 0 saturated carbocycles. The predicted octanol–water partition coefficient (Wildman–Crippen LogP) is 2.53. The Bertz CT molecular complexity index is 469. The maximum Gasteiger partial charge on any atom is 0.161 e. The molecule has 1 aromatic rings. The van der Waals surface area contributed by atoms with E-state index in [4.69, 9.17) is 9.47 Å². The molecule has 1 aromatic carbocycles. The average molecular weight is 341 g/mol. The molecule has 1 fully saturated rings. The molecule has 5 heteroatoms. The zero-order chi connectivity index (χ0) is 15.4. The summed E-state index contributed by atoms with van der Waals surface area (Å²) in [5.74, 6) is 2.52. The van der Waals surface area contributed by atoms with Gasteiger partial charge in [0.05, 0.1) is 14.2 Å². The second-order valence-corrected chi connectivity index (χ2v) is 6.49. The van der Waals surface area contributed by atoms with Gasteiger partial charge in [0.2, 0.25) is 0 Å². The molecule has 2 heterocycles. The highest BCUT2D eigenvalue weighted by Crippen LogP contribution is 2.32. The molecular weight excluding hydrogens is 312 g/mol. The third-order valence-electron chi connectivity index (χ3n) is 5.02. The quantitative estimate of drug-likeness (QED) is 0.913. The van der Waals surface area contributed by atoms with Gasteiger partial charge in [0.25, 0.3) is 0 Å². The molecule has 1 N–H and O–H groups in total. The number of hydrogen-bond donors (Lipinski definition) is 1. The summed E-state index contributed by atoms with van der Waals surface area (Å²) in [6.45, 7) is 5.92. The molecule has 1 saturated heterocycles. The normalized spacial score (nSPS) is 21.7. The molecule has 1 atom stereocenters. The van der Waals surface area contributed by atoms with Gasteiger partial charge in [0, 0.05) is 19.6 Å². The van der Waals surface area contributed by atoms with Crippen LogP contribution in [-0.2, 0) is 12.8 Å². The van der Waals surface area contributed by atoms with Crippen LogP contribution in [0.15, 0.2) is 12.1 Å². The van der Waals surface area contributed by atoms with Crippen molar-refractivity contribution in [2.75, 3.05) is 46.9 Å². The highest BCUT2D eigenvalue weighted by Gasteiger charge is 2.21. The Kier molecular flexibility index (Phi) is 7.00. The molecule has 0 amide bonds. The van der Waals surface area contributed by atoms with E-state index < -0.39 is 0 Å². The summed E-state index contributed by atoms with van der Waals surface area (Å²) in [6, 6.07) is 4.33. The molecule has 3 rings (SSSR count). The van der Waals surface area contributed by atoms with E-state index in [-0.39, 0.29) is 12.4 Å². The van der Waals surface area contributed by atoms with E-state index in [1.165, 1.54) is 43.6 Å². The number of benzene rings is 1. The molecule has 130 valence electrons. The summed E-state index contributed by atoms with van der Waals surface area (Å²) in [7, 11) is 3.42. The lowest BCUT2D eigenvalue weighted by Gasteiger charge is -2.29. The summed E-state index contributed by atoms with van der Waals surface area (Å²) < 4.78 is 10.9. The number of methoxy groups -OCH3 is 2. The molecule has 0 aromatic heterocycles. The van der Waals surface area contributed by atoms with Gasteiger partial charge in [-0.1, -0.05) is 0 Å². The fourth-order valence-corrected chi connectivity index (χ4v) is 3.73. The summed E-state index contributed by atoms with van der Waals surface area (Å²) in [4.78, 5) is 2.64. The zero-order valence-corrected chi connectivity index (χ0v) is 15.1. The number of halogens is 1. The standard InChI is InChI=1S/C18H28N2O2.ClH/c1-21-17-10-15-5-8-20(13-14-4-3-7-19-12-14)9-6-16(15)11-18(17)22-2;/h10-11,14,19H,3-9,12-13H2,1-2H3;1H. The van der Waals surface area contributed by atoms with Crippen LogP contribution in [0.2, 0.25) is 0 Å². The van der Waals surface area contributed by atoms with E-state index in [2.05, 4.69) is 22.3 Å². The van der Waals surface area contributed by atoms with Gasteiger partial charge in [0.15, 0.2) is 11.5 Å². The molecule has 0 spiro atoms. The molecule has 0 radical (unpaired) electrons. The number of piperidine rings is 1. The van der Waals surface area contributed by atoms with E-state index in [0.29, 0.717) is 0 Å². The number of nitrogens with zero attached hydrogens (tertiary/aromatic N) is 1. The highest BCUT2D eigenvalue weighted by atomic mass is 35.5. The fourth-order valence-electron chi connectivity index (χ4n) is 3.73. The van der Waals surface area contributed by atoms with Crippen LogP contribution in [0.4, 0.5) is 0 Å². The van der Waals surface area contributed by atoms with E-state index >= 15 is 0 Å². The van der Waals surface area contributed by atoms with E-state index in [9.17, 15) is 0 Å². The zero-order valence-electron chi connectivity index (χ0n) is 14.3. The van der Waals surface area contributed by atoms with Crippen molar-refractivity contribution < 1.29 is 9.47 Å². The van der Waals surface area contributed by atoms with Gasteiger partial charge in [-0.25, -0.2) is 0 Å². The predicted molar refractivity (Wildman–Crippen MR) is 96.2 cm³/mol. The molecular formula is C18H29ClN2O2. The van der Waals surface area contributed by atoms with Gasteiger partial charge in [-0.3, -0.25) is 0 Å². The summed E-state index contributed by atoms with van der Waals surface area (Å²) in [5, 5.41) is 3.53. The van der Waals surface area contributed by atoms with Crippen molar-refractivity contribution >= 4 is 12.4 Å². The Hall–Kier alpha value is -0.970. The van der Waals surface area contributed by atoms with Crippen molar-refractivity contribution in [3.05, 3.63) is 23.3 Å². The van der Waals surface area contributed by atoms with E-state index in [0.717, 1.165) is 43.3 Å². The molecule has 0 aliphatic carbocycles. The van der Waals surface area contributed by atoms with Crippen molar-refractivity contribution in [3.63, 3.8) is 0 Å². The van der Waals surface area contributed by atoms with E-state index in [1.807, 2.05) is 0 Å². The summed E-state index contributed by atoms with van der Waals surface area (Å²) in [6.07, 6.45) is 4.91. The van der Waals surface area contributed by atoms with Crippen LogP contribution < -0.4 is 14.8 Å². The first-order valence-corrected chi connectivity index (χ1v) is 8.47. The molecule has 23 heavy (non-hydrogen) atoms. The summed E-state index contributed by atoms with van der Waals surface area (Å²) >= 11 is 0. The van der Waals surface area contributed by atoms with Crippen LogP contribution in [0.5, 0.6) is 11.5 Å². The molecule has 2 aliphatic heterocycles. The molecule has 0 bridgehead atoms. The fraction of sp³-hybridized carbons (Fsp3) is 0.667. The maximum atomic E-state index is 5.44. The van der Waals surface area contributed by atoms with Crippen LogP contribution in [0.25, 0.3) is 0 Å². The van der Waals surface area contributed by atoms with Gasteiger partial charge in [-0.05, 0) is 68.0 Å². The first kappa shape index (κ1) is 18.4. The second kappa shape index (κ2) is 8.76. The Morgan fingerprint density at radius 3 is 2.17 bits per heavy atom. The topological polar surface area (TPSA) is 33.7 Å². The minimum absolute atomic E-state index is 0. The minimum atomic E-state index is 0.